The molecule has 2 aliphatic rings. The molecule has 0 spiro atoms. The Labute approximate surface area is 152 Å². The third-order valence-electron chi connectivity index (χ3n) is 4.47. The van der Waals surface area contributed by atoms with Gasteiger partial charge in [-0.15, -0.1) is 0 Å². The molecule has 0 aromatic carbocycles. The van der Waals surface area contributed by atoms with Crippen LogP contribution in [0.1, 0.15) is 19.6 Å². The van der Waals surface area contributed by atoms with Crippen molar-refractivity contribution >= 4 is 31.2 Å². The number of imidazole rings is 1. The summed E-state index contributed by atoms with van der Waals surface area (Å²) < 4.78 is 18.4. The summed E-state index contributed by atoms with van der Waals surface area (Å²) in [4.78, 5) is 43.9. The zero-order chi connectivity index (χ0) is 19.3. The van der Waals surface area contributed by atoms with Crippen molar-refractivity contribution in [1.29, 1.82) is 0 Å². The third-order valence-corrected chi connectivity index (χ3v) is 6.44. The Hall–Kier alpha value is -2.15. The van der Waals surface area contributed by atoms with E-state index in [4.69, 9.17) is 24.6 Å². The molecule has 13 nitrogen and oxygen atoms in total. The van der Waals surface area contributed by atoms with Crippen LogP contribution in [0.15, 0.2) is 11.1 Å². The number of carboxylic acids is 1. The summed E-state index contributed by atoms with van der Waals surface area (Å²) in [6, 6.07) is -1.03. The summed E-state index contributed by atoms with van der Waals surface area (Å²) in [6.07, 6.45) is 0.193. The van der Waals surface area contributed by atoms with Gasteiger partial charge in [0.15, 0.2) is 0 Å². The van der Waals surface area contributed by atoms with Crippen LogP contribution >= 0.6 is 8.09 Å². The average molecular weight is 402 g/mol. The van der Waals surface area contributed by atoms with Gasteiger partial charge in [0.25, 0.3) is 0 Å². The average Bonchev–Trinajstić information content (AvgIpc) is 3.17. The van der Waals surface area contributed by atoms with Crippen LogP contribution in [0.25, 0.3) is 11.2 Å². The first-order chi connectivity index (χ1) is 12.8. The number of nitrogens with zero attached hydrogens (tertiary/aromatic N) is 3. The molecule has 27 heavy (non-hydrogen) atoms. The number of anilines is 1. The molecule has 0 aliphatic carbocycles. The van der Waals surface area contributed by atoms with Gasteiger partial charge in [-0.3, -0.25) is 0 Å². The van der Waals surface area contributed by atoms with E-state index in [9.17, 15) is 14.5 Å². The molecule has 4 rings (SSSR count). The Bertz CT molecular complexity index is 949. The summed E-state index contributed by atoms with van der Waals surface area (Å²) in [5.74, 6) is -1.18. The molecule has 148 valence electrons. The van der Waals surface area contributed by atoms with Crippen LogP contribution in [0.2, 0.25) is 0 Å². The summed E-state index contributed by atoms with van der Waals surface area (Å²) in [5, 5.41) is 11.5. The molecule has 0 bridgehead atoms. The van der Waals surface area contributed by atoms with Gasteiger partial charge in [0, 0.05) is 0 Å². The summed E-state index contributed by atoms with van der Waals surface area (Å²) >= 11 is 0. The Morgan fingerprint density at radius 2 is 2.33 bits per heavy atom. The number of nitrogens with two attached hydrogens (primary N) is 1. The van der Waals surface area contributed by atoms with Crippen molar-refractivity contribution in [2.24, 2.45) is 0 Å². The SMILES string of the molecule is C[C@H](N[PH]1(O)OC[C@H]2O[C@@H](n3cnc4c(=O)[nH]c(N)nc43)C[C@@H]2O1)C(=O)O. The molecular formula is C13H19N6O7P. The number of H-pyrrole nitrogens is 1. The molecule has 4 atom stereocenters. The standard InChI is InChI=1S/C13H19N6O7P/c1-5(12(21)22)18-27(23)24-3-7-6(26-27)2-8(25-7)19-4-15-9-10(19)16-13(14)17-11(9)20/h4-8,18,23,27H,2-3H2,1H3,(H,21,22)(H3,14,16,17,20)/t5-,6-,7+,8+/m0/s1. The van der Waals surface area contributed by atoms with E-state index in [0.29, 0.717) is 6.42 Å². The van der Waals surface area contributed by atoms with Gasteiger partial charge in [0.05, 0.1) is 0 Å². The number of aromatic amines is 1. The molecule has 2 aromatic rings. The van der Waals surface area contributed by atoms with Crippen molar-refractivity contribution in [3.05, 3.63) is 16.7 Å². The van der Waals surface area contributed by atoms with E-state index in [0.717, 1.165) is 0 Å². The zero-order valence-electron chi connectivity index (χ0n) is 14.2. The van der Waals surface area contributed by atoms with E-state index in [1.165, 1.54) is 13.3 Å². The van der Waals surface area contributed by atoms with Crippen molar-refractivity contribution in [3.8, 4) is 0 Å². The second-order valence-electron chi connectivity index (χ2n) is 6.39. The van der Waals surface area contributed by atoms with E-state index in [-0.39, 0.29) is 23.7 Å². The maximum absolute atomic E-state index is 11.9. The number of hydrogen-bond acceptors (Lipinski definition) is 10. The molecule has 4 heterocycles. The Balaban J connectivity index is 1.54. The minimum atomic E-state index is -3.86. The zero-order valence-corrected chi connectivity index (χ0v) is 15.2. The molecule has 2 fully saturated rings. The Kier molecular flexibility index (Phi) is 4.37. The number of ether oxygens (including phenoxy) is 1. The first-order valence-corrected chi connectivity index (χ1v) is 9.94. The van der Waals surface area contributed by atoms with E-state index in [1.54, 1.807) is 4.57 Å². The first-order valence-electron chi connectivity index (χ1n) is 8.18. The van der Waals surface area contributed by atoms with Crippen LogP contribution in [0.4, 0.5) is 5.95 Å². The monoisotopic (exact) mass is 402 g/mol. The Morgan fingerprint density at radius 3 is 3.07 bits per heavy atom. The van der Waals surface area contributed by atoms with Gasteiger partial charge < -0.3 is 0 Å². The number of carbonyl (C=O) groups is 1. The van der Waals surface area contributed by atoms with Crippen LogP contribution in [-0.4, -0.2) is 60.3 Å². The number of fused-ring (bicyclic) bond motifs is 2. The first kappa shape index (κ1) is 18.2. The van der Waals surface area contributed by atoms with Crippen LogP contribution < -0.4 is 16.4 Å². The summed E-state index contributed by atoms with van der Waals surface area (Å²) in [6.45, 7) is 1.41. The molecule has 2 saturated heterocycles. The van der Waals surface area contributed by atoms with Gasteiger partial charge in [-0.2, -0.15) is 0 Å². The molecule has 2 aliphatic heterocycles. The van der Waals surface area contributed by atoms with Gasteiger partial charge in [-0.25, -0.2) is 0 Å². The fourth-order valence-corrected chi connectivity index (χ4v) is 5.08. The van der Waals surface area contributed by atoms with E-state index < -0.39 is 44.1 Å². The molecule has 14 heteroatoms. The number of rotatable bonds is 4. The van der Waals surface area contributed by atoms with Crippen molar-refractivity contribution in [2.75, 3.05) is 12.3 Å². The summed E-state index contributed by atoms with van der Waals surface area (Å²) in [5.41, 5.74) is 5.54. The molecule has 0 radical (unpaired) electrons. The normalized spacial score (nSPS) is 29.3. The predicted octanol–water partition coefficient (Wildman–Crippen LogP) is -1.13. The number of nitrogen functional groups attached to an aromatic ring is 1. The van der Waals surface area contributed by atoms with Gasteiger partial charge in [0.1, 0.15) is 0 Å². The number of hydrogen-bond donors (Lipinski definition) is 5. The van der Waals surface area contributed by atoms with Crippen molar-refractivity contribution < 1.29 is 28.6 Å². The fraction of sp³-hybridized carbons (Fsp3) is 0.538. The summed E-state index contributed by atoms with van der Waals surface area (Å²) in [7, 11) is -3.86. The van der Waals surface area contributed by atoms with E-state index in [1.807, 2.05) is 0 Å². The number of aromatic nitrogens is 4. The third kappa shape index (κ3) is 3.29. The molecule has 2 aromatic heterocycles. The van der Waals surface area contributed by atoms with Gasteiger partial charge in [0.2, 0.25) is 0 Å². The predicted molar refractivity (Wildman–Crippen MR) is 92.7 cm³/mol. The molecule has 0 unspecified atom stereocenters. The second kappa shape index (κ2) is 6.48. The molecule has 0 amide bonds. The minimum absolute atomic E-state index is 0.0337. The number of carboxylic acid groups (broad SMARTS) is 1. The van der Waals surface area contributed by atoms with E-state index >= 15 is 0 Å². The van der Waals surface area contributed by atoms with Crippen LogP contribution in [-0.2, 0) is 18.6 Å². The quantitative estimate of drug-likeness (QED) is 0.389. The van der Waals surface area contributed by atoms with Gasteiger partial charge in [-0.1, -0.05) is 0 Å². The Morgan fingerprint density at radius 1 is 1.56 bits per heavy atom. The van der Waals surface area contributed by atoms with Crippen LogP contribution in [0.5, 0.6) is 0 Å². The molecular weight excluding hydrogens is 383 g/mol. The number of nitrogens with one attached hydrogen (secondary N) is 2. The van der Waals surface area contributed by atoms with Gasteiger partial charge in [-0.05, 0) is 0 Å². The van der Waals surface area contributed by atoms with E-state index in [2.05, 4.69) is 20.0 Å². The maximum atomic E-state index is 11.9. The topological polar surface area (TPSA) is 187 Å². The van der Waals surface area contributed by atoms with Crippen molar-refractivity contribution in [2.45, 2.75) is 37.8 Å². The molecule has 6 N–H and O–H groups in total. The van der Waals surface area contributed by atoms with Crippen molar-refractivity contribution in [3.63, 3.8) is 0 Å². The van der Waals surface area contributed by atoms with Gasteiger partial charge >= 0.3 is 151 Å². The van der Waals surface area contributed by atoms with Crippen molar-refractivity contribution in [1.82, 2.24) is 24.6 Å². The number of aliphatic carboxylic acids is 1. The second-order valence-corrected chi connectivity index (χ2v) is 8.37. The fourth-order valence-electron chi connectivity index (χ4n) is 3.14. The van der Waals surface area contributed by atoms with Crippen LogP contribution in [0, 0.1) is 0 Å². The van der Waals surface area contributed by atoms with Crippen LogP contribution in [0.3, 0.4) is 0 Å². The molecule has 0 saturated carbocycles.